The highest BCUT2D eigenvalue weighted by Gasteiger charge is 2.23. The van der Waals surface area contributed by atoms with Crippen molar-refractivity contribution in [1.82, 2.24) is 39.2 Å². The molecule has 0 bridgehead atoms. The first-order valence-corrected chi connectivity index (χ1v) is 44.1. The predicted molar refractivity (Wildman–Crippen MR) is 528 cm³/mol. The van der Waals surface area contributed by atoms with Crippen LogP contribution in [0.15, 0.2) is 146 Å². The van der Waals surface area contributed by atoms with Gasteiger partial charge in [-0.15, -0.1) is 0 Å². The molecule has 16 rings (SSSR count). The molecule has 0 aromatic heterocycles. The van der Waals surface area contributed by atoms with Gasteiger partial charge in [0, 0.05) is 202 Å². The first-order chi connectivity index (χ1) is 60.4. The van der Waals surface area contributed by atoms with Crippen LogP contribution in [0.3, 0.4) is 0 Å². The van der Waals surface area contributed by atoms with Crippen molar-refractivity contribution in [3.63, 3.8) is 0 Å². The zero-order valence-electron chi connectivity index (χ0n) is 72.9. The summed E-state index contributed by atoms with van der Waals surface area (Å²) in [7, 11) is 0. The van der Waals surface area contributed by atoms with Crippen LogP contribution in [-0.2, 0) is 90.3 Å². The number of allylic oxidation sites excluding steroid dienone is 4. The fourth-order valence-electron chi connectivity index (χ4n) is 16.2. The fraction of sp³-hybridized carbons (Fsp3) is 0.472. The minimum absolute atomic E-state index is 0. The van der Waals surface area contributed by atoms with E-state index in [2.05, 4.69) is 91.2 Å². The van der Waals surface area contributed by atoms with E-state index in [4.69, 9.17) is 37.9 Å². The van der Waals surface area contributed by atoms with Gasteiger partial charge in [-0.1, -0.05) is 166 Å². The summed E-state index contributed by atoms with van der Waals surface area (Å²) in [6.07, 6.45) is 7.81. The highest BCUT2D eigenvalue weighted by molar-refractivity contribution is 5.90. The van der Waals surface area contributed by atoms with E-state index in [1.165, 1.54) is 0 Å². The second kappa shape index (κ2) is 55.1. The van der Waals surface area contributed by atoms with Gasteiger partial charge >= 0.3 is 0 Å². The molecule has 8 aromatic carbocycles. The molecule has 8 heterocycles. The molecule has 8 N–H and O–H groups in total. The Kier molecular flexibility index (Phi) is 45.6. The summed E-state index contributed by atoms with van der Waals surface area (Å²) in [5.74, 6) is 2.55. The van der Waals surface area contributed by atoms with Crippen LogP contribution in [0.4, 0.5) is 0 Å². The molecule has 24 nitrogen and oxygen atoms in total. The molecule has 0 spiro atoms. The van der Waals surface area contributed by atoms with Gasteiger partial charge in [-0.25, -0.2) is 0 Å². The van der Waals surface area contributed by atoms with Gasteiger partial charge in [0.2, 0.25) is 0 Å². The average Bonchev–Trinajstić information content (AvgIpc) is 0.813. The van der Waals surface area contributed by atoms with Gasteiger partial charge in [0.15, 0.2) is 0 Å². The summed E-state index contributed by atoms with van der Waals surface area (Å²) >= 11 is 0. The van der Waals surface area contributed by atoms with Crippen molar-refractivity contribution in [1.29, 1.82) is 0 Å². The van der Waals surface area contributed by atoms with Crippen LogP contribution >= 0.6 is 0 Å². The number of hydrogen-bond donors (Lipinski definition) is 8. The minimum Gasteiger partial charge on any atom is -0.508 e. The summed E-state index contributed by atoms with van der Waals surface area (Å²) < 4.78 is 43.1. The van der Waals surface area contributed by atoms with E-state index >= 15 is 0 Å². The van der Waals surface area contributed by atoms with Crippen LogP contribution in [0, 0.1) is 0 Å². The SMILES string of the molecule is C.C.C.C.C.C.C/C(=C(/C)c1ccc(CN2CCOCC2)c(O)c1)c1ccc(CN2CCOCC2)c(O)c1.C/C(=C(\C)c1ccc(CN2CCOCC2)c(O)c1)c1ccc(CN2CCOCC2)c(O)c1.Oc1cc(/C=C/c2ccc(CN3CCOCC3)c(O)c2)ccc1CN1CCOCC1.Oc1cc(/C=C\c2ccc(CN3CCOCC3)c(O)c2)ccc1CN1CCOCC1. The Balaban J connectivity index is 0.000000234. The van der Waals surface area contributed by atoms with Crippen LogP contribution < -0.4 is 0 Å². The Labute approximate surface area is 776 Å². The van der Waals surface area contributed by atoms with Crippen molar-refractivity contribution < 1.29 is 78.7 Å². The first-order valence-electron chi connectivity index (χ1n) is 44.1. The Hall–Kier alpha value is -9.52. The summed E-state index contributed by atoms with van der Waals surface area (Å²) in [4.78, 5) is 18.3. The topological polar surface area (TPSA) is 262 Å². The molecule has 24 heteroatoms. The molecule has 130 heavy (non-hydrogen) atoms. The number of nitrogens with zero attached hydrogens (tertiary/aromatic N) is 8. The van der Waals surface area contributed by atoms with E-state index < -0.39 is 0 Å². The fourth-order valence-corrected chi connectivity index (χ4v) is 16.2. The maximum Gasteiger partial charge on any atom is 0.120 e. The lowest BCUT2D eigenvalue weighted by Gasteiger charge is -2.27. The molecule has 8 saturated heterocycles. The minimum atomic E-state index is 0. The molecule has 712 valence electrons. The third kappa shape index (κ3) is 32.5. The molecule has 0 saturated carbocycles. The number of phenolic OH excluding ortho intramolecular Hbond substituents is 8. The van der Waals surface area contributed by atoms with Crippen LogP contribution in [0.2, 0.25) is 0 Å². The normalized spacial score (nSPS) is 18.1. The van der Waals surface area contributed by atoms with Crippen LogP contribution in [-0.4, -0.2) is 290 Å². The van der Waals surface area contributed by atoms with Gasteiger partial charge in [0.25, 0.3) is 0 Å². The summed E-state index contributed by atoms with van der Waals surface area (Å²) in [6, 6.07) is 46.9. The lowest BCUT2D eigenvalue weighted by molar-refractivity contribution is 0.0338. The van der Waals surface area contributed by atoms with E-state index in [9.17, 15) is 40.9 Å². The Morgan fingerprint density at radius 3 is 0.446 bits per heavy atom. The molecule has 8 fully saturated rings. The third-order valence-corrected chi connectivity index (χ3v) is 24.6. The maximum absolute atomic E-state index is 10.6. The molecule has 0 radical (unpaired) electrons. The van der Waals surface area contributed by atoms with Crippen LogP contribution in [0.1, 0.15) is 161 Å². The van der Waals surface area contributed by atoms with E-state index in [-0.39, 0.29) is 44.6 Å². The van der Waals surface area contributed by atoms with E-state index in [1.807, 2.05) is 121 Å². The van der Waals surface area contributed by atoms with Gasteiger partial charge in [0.1, 0.15) is 46.0 Å². The van der Waals surface area contributed by atoms with Crippen molar-refractivity contribution >= 4 is 46.6 Å². The van der Waals surface area contributed by atoms with E-state index in [0.29, 0.717) is 46.0 Å². The third-order valence-electron chi connectivity index (χ3n) is 24.6. The van der Waals surface area contributed by atoms with Crippen LogP contribution in [0.5, 0.6) is 46.0 Å². The molecule has 0 aliphatic carbocycles. The van der Waals surface area contributed by atoms with Gasteiger partial charge < -0.3 is 78.7 Å². The molecule has 0 amide bonds. The van der Waals surface area contributed by atoms with Crippen LogP contribution in [0.25, 0.3) is 46.6 Å². The van der Waals surface area contributed by atoms with Crippen molar-refractivity contribution in [3.8, 4) is 46.0 Å². The lowest BCUT2D eigenvalue weighted by Crippen LogP contribution is -2.35. The van der Waals surface area contributed by atoms with Gasteiger partial charge in [0.05, 0.1) is 106 Å². The van der Waals surface area contributed by atoms with Gasteiger partial charge in [-0.2, -0.15) is 0 Å². The number of ether oxygens (including phenoxy) is 8. The number of phenols is 8. The number of morpholine rings is 8. The average molecular weight is 1790 g/mol. The molecule has 8 aliphatic rings. The lowest BCUT2D eigenvalue weighted by atomic mass is 9.95. The maximum atomic E-state index is 10.6. The zero-order valence-corrected chi connectivity index (χ0v) is 72.9. The molecule has 8 aliphatic heterocycles. The Bertz CT molecular complexity index is 4270. The van der Waals surface area contributed by atoms with Gasteiger partial charge in [-0.3, -0.25) is 39.2 Å². The zero-order chi connectivity index (χ0) is 86.5. The quantitative estimate of drug-likeness (QED) is 0.0261. The van der Waals surface area contributed by atoms with Crippen molar-refractivity contribution in [2.24, 2.45) is 0 Å². The number of rotatable bonds is 24. The molecule has 8 aromatic rings. The largest absolute Gasteiger partial charge is 0.508 e. The van der Waals surface area contributed by atoms with E-state index in [0.717, 1.165) is 374 Å². The number of benzene rings is 8. The Morgan fingerprint density at radius 1 is 0.200 bits per heavy atom. The smallest absolute Gasteiger partial charge is 0.120 e. The molecule has 0 atom stereocenters. The highest BCUT2D eigenvalue weighted by Crippen LogP contribution is 2.37. The monoisotopic (exact) mass is 1790 g/mol. The second-order valence-corrected chi connectivity index (χ2v) is 33.2. The summed E-state index contributed by atoms with van der Waals surface area (Å²) in [6.45, 7) is 40.4. The van der Waals surface area contributed by atoms with E-state index in [1.54, 1.807) is 24.3 Å². The number of aromatic hydroxyl groups is 8. The van der Waals surface area contributed by atoms with Crippen molar-refractivity contribution in [2.45, 2.75) is 125 Å². The molecular formula is C106H152N8O16. The van der Waals surface area contributed by atoms with Gasteiger partial charge in [-0.05, 0) is 143 Å². The highest BCUT2D eigenvalue weighted by atomic mass is 16.5. The van der Waals surface area contributed by atoms with Crippen molar-refractivity contribution in [2.75, 3.05) is 210 Å². The van der Waals surface area contributed by atoms with Crippen molar-refractivity contribution in [3.05, 3.63) is 235 Å². The Morgan fingerprint density at radius 2 is 0.323 bits per heavy atom. The summed E-state index contributed by atoms with van der Waals surface area (Å²) in [5, 5.41) is 84.1. The predicted octanol–water partition coefficient (Wildman–Crippen LogP) is 17.1. The standard InChI is InChI=1S/2C26H34N2O4.2C24H30N2O4.6CH4/c2*1-19(21-3-5-23(25(29)15-21)17-27-7-11-31-12-8-27)20(2)22-4-6-24(26(30)16-22)18-28-9-13-32-14-10-28;2*27-23-15-19(3-5-21(23)17-25-7-11-29-12-8-25)1-2-20-4-6-22(24(28)16-20)18-26-9-13-30-14-10-26;;;;;;/h2*3-6,15-16,29-30H,7-14,17-18H2,1-2H3;2*1-6,15-16,27-28H,7-14,17-18H2;6*1H4/b20-19+;20-19-;2-1+;2-1-;;;;;;. The first kappa shape index (κ1) is 108. The second-order valence-electron chi connectivity index (χ2n) is 33.2. The molecular weight excluding hydrogens is 1640 g/mol. The number of hydrogen-bond acceptors (Lipinski definition) is 24. The molecule has 0 unspecified atom stereocenters. The summed E-state index contributed by atoms with van der Waals surface area (Å²) in [5.41, 5.74) is 19.5.